The predicted molar refractivity (Wildman–Crippen MR) is 88.2 cm³/mol. The lowest BCUT2D eigenvalue weighted by Gasteiger charge is -2.10. The average molecular weight is 407 g/mol. The van der Waals surface area contributed by atoms with E-state index in [1.807, 2.05) is 13.0 Å². The molecule has 0 saturated carbocycles. The molecule has 0 amide bonds. The van der Waals surface area contributed by atoms with Crippen LogP contribution in [0.1, 0.15) is 13.3 Å². The zero-order valence-electron chi connectivity index (χ0n) is 10.8. The number of rotatable bonds is 5. The van der Waals surface area contributed by atoms with Crippen molar-refractivity contribution in [2.75, 3.05) is 17.2 Å². The van der Waals surface area contributed by atoms with E-state index in [4.69, 9.17) is 11.6 Å². The van der Waals surface area contributed by atoms with Gasteiger partial charge in [0.05, 0.1) is 16.9 Å². The number of nitrogens with zero attached hydrogens (tertiary/aromatic N) is 2. The molecular weight excluding hydrogens is 394 g/mol. The second-order valence-electron chi connectivity index (χ2n) is 4.07. The molecule has 0 saturated heterocycles. The fourth-order valence-electron chi connectivity index (χ4n) is 1.50. The normalized spacial score (nSPS) is 10.4. The van der Waals surface area contributed by atoms with Gasteiger partial charge < -0.3 is 10.6 Å². The molecule has 1 aromatic heterocycles. The van der Waals surface area contributed by atoms with Gasteiger partial charge in [0.25, 0.3) is 0 Å². The van der Waals surface area contributed by atoms with Gasteiger partial charge in [-0.1, -0.05) is 18.5 Å². The number of nitrogens with one attached hydrogen (secondary N) is 2. The van der Waals surface area contributed by atoms with Crippen molar-refractivity contribution in [1.82, 2.24) is 9.97 Å². The summed E-state index contributed by atoms with van der Waals surface area (Å²) in [6, 6.07) is 5.45. The predicted octanol–water partition coefficient (Wildman–Crippen LogP) is 4.44. The van der Waals surface area contributed by atoms with Gasteiger partial charge in [-0.05, 0) is 47.2 Å². The molecule has 1 heterocycles. The summed E-state index contributed by atoms with van der Waals surface area (Å²) in [5.41, 5.74) is 0.603. The lowest BCUT2D eigenvalue weighted by molar-refractivity contribution is 0.619. The fourth-order valence-corrected chi connectivity index (χ4v) is 2.40. The van der Waals surface area contributed by atoms with Gasteiger partial charge in [-0.2, -0.15) is 4.98 Å². The molecule has 7 heteroatoms. The van der Waals surface area contributed by atoms with Crippen LogP contribution in [0.5, 0.6) is 0 Å². The number of benzene rings is 1. The Morgan fingerprint density at radius 2 is 2.20 bits per heavy atom. The van der Waals surface area contributed by atoms with Crippen molar-refractivity contribution >= 4 is 51.6 Å². The molecule has 1 aromatic carbocycles. The number of halogens is 3. The topological polar surface area (TPSA) is 49.8 Å². The van der Waals surface area contributed by atoms with Gasteiger partial charge in [0.2, 0.25) is 5.95 Å². The van der Waals surface area contributed by atoms with Crippen molar-refractivity contribution in [2.45, 2.75) is 13.3 Å². The molecule has 0 unspecified atom stereocenters. The van der Waals surface area contributed by atoms with Crippen molar-refractivity contribution < 1.29 is 4.39 Å². The minimum absolute atomic E-state index is 0.0988. The smallest absolute Gasteiger partial charge is 0.224 e. The number of anilines is 3. The number of hydrogen-bond donors (Lipinski definition) is 2. The maximum atomic E-state index is 13.7. The first-order chi connectivity index (χ1) is 9.60. The van der Waals surface area contributed by atoms with Crippen LogP contribution >= 0.6 is 34.2 Å². The molecule has 0 fully saturated rings. The van der Waals surface area contributed by atoms with E-state index in [2.05, 4.69) is 43.2 Å². The molecule has 0 atom stereocenters. The fraction of sp³-hybridized carbons (Fsp3) is 0.231. The molecule has 0 aliphatic rings. The average Bonchev–Trinajstić information content (AvgIpc) is 2.42. The summed E-state index contributed by atoms with van der Waals surface area (Å²) in [6.07, 6.45) is 2.07. The number of hydrogen-bond acceptors (Lipinski definition) is 4. The first-order valence-corrected chi connectivity index (χ1v) is 7.54. The highest BCUT2D eigenvalue weighted by molar-refractivity contribution is 14.1. The Kier molecular flexibility index (Phi) is 5.36. The van der Waals surface area contributed by atoms with Crippen molar-refractivity contribution in [3.8, 4) is 0 Å². The third kappa shape index (κ3) is 3.92. The summed E-state index contributed by atoms with van der Waals surface area (Å²) in [5, 5.41) is 6.40. The second kappa shape index (κ2) is 7.03. The summed E-state index contributed by atoms with van der Waals surface area (Å²) >= 11 is 8.26. The van der Waals surface area contributed by atoms with Gasteiger partial charge in [0.15, 0.2) is 11.6 Å². The summed E-state index contributed by atoms with van der Waals surface area (Å²) in [4.78, 5) is 7.98. The molecule has 0 aliphatic carbocycles. The molecule has 106 valence electrons. The molecule has 2 N–H and O–H groups in total. The lowest BCUT2D eigenvalue weighted by Crippen LogP contribution is -2.07. The van der Waals surface area contributed by atoms with Crippen LogP contribution in [-0.4, -0.2) is 16.5 Å². The molecular formula is C13H13ClFIN4. The molecule has 0 radical (unpaired) electrons. The largest absolute Gasteiger partial charge is 0.354 e. The third-order valence-electron chi connectivity index (χ3n) is 2.46. The quantitative estimate of drug-likeness (QED) is 0.721. The van der Waals surface area contributed by atoms with Crippen molar-refractivity contribution in [3.63, 3.8) is 0 Å². The van der Waals surface area contributed by atoms with Crippen LogP contribution in [0.15, 0.2) is 24.4 Å². The van der Waals surface area contributed by atoms with Crippen LogP contribution < -0.4 is 10.6 Å². The minimum atomic E-state index is -0.526. The third-order valence-corrected chi connectivity index (χ3v) is 3.45. The number of aromatic nitrogens is 2. The highest BCUT2D eigenvalue weighted by atomic mass is 127. The van der Waals surface area contributed by atoms with E-state index in [-0.39, 0.29) is 5.82 Å². The zero-order chi connectivity index (χ0) is 14.5. The monoisotopic (exact) mass is 406 g/mol. The van der Waals surface area contributed by atoms with Crippen molar-refractivity contribution in [2.24, 2.45) is 0 Å². The van der Waals surface area contributed by atoms with E-state index in [1.54, 1.807) is 12.1 Å². The molecule has 20 heavy (non-hydrogen) atoms. The maximum absolute atomic E-state index is 13.7. The molecule has 2 rings (SSSR count). The van der Waals surface area contributed by atoms with E-state index >= 15 is 0 Å². The first-order valence-electron chi connectivity index (χ1n) is 6.08. The Bertz CT molecular complexity index is 609. The first kappa shape index (κ1) is 15.2. The summed E-state index contributed by atoms with van der Waals surface area (Å²) in [5.74, 6) is -0.0410. The van der Waals surface area contributed by atoms with Gasteiger partial charge in [-0.3, -0.25) is 0 Å². The molecule has 2 aromatic rings. The van der Waals surface area contributed by atoms with Crippen LogP contribution in [-0.2, 0) is 0 Å². The van der Waals surface area contributed by atoms with Gasteiger partial charge in [0.1, 0.15) is 0 Å². The minimum Gasteiger partial charge on any atom is -0.354 e. The Morgan fingerprint density at radius 3 is 2.90 bits per heavy atom. The van der Waals surface area contributed by atoms with Crippen molar-refractivity contribution in [1.29, 1.82) is 0 Å². The lowest BCUT2D eigenvalue weighted by atomic mass is 10.3. The highest BCUT2D eigenvalue weighted by Crippen LogP contribution is 2.27. The zero-order valence-corrected chi connectivity index (χ0v) is 13.7. The Labute approximate surface area is 135 Å². The standard InChI is InChI=1S/C13H13ClFIN4/c1-2-5-17-13-18-7-10(15)12(20-13)19-11-4-3-8(16)6-9(11)14/h3-4,6-7H,2,5H2,1H3,(H2,17,18,19,20). The maximum Gasteiger partial charge on any atom is 0.224 e. The van der Waals surface area contributed by atoms with Gasteiger partial charge >= 0.3 is 0 Å². The SMILES string of the molecule is CCCNc1ncc(F)c(Nc2ccc(I)cc2Cl)n1. The summed E-state index contributed by atoms with van der Waals surface area (Å²) in [6.45, 7) is 2.76. The van der Waals surface area contributed by atoms with Crippen LogP contribution in [0.3, 0.4) is 0 Å². The molecule has 4 nitrogen and oxygen atoms in total. The molecule has 0 aliphatic heterocycles. The van der Waals surface area contributed by atoms with Gasteiger partial charge in [0, 0.05) is 10.1 Å². The van der Waals surface area contributed by atoms with E-state index in [0.29, 0.717) is 16.7 Å². The van der Waals surface area contributed by atoms with E-state index in [0.717, 1.165) is 22.7 Å². The Hall–Kier alpha value is -1.15. The summed E-state index contributed by atoms with van der Waals surface area (Å²) < 4.78 is 14.7. The van der Waals surface area contributed by atoms with E-state index < -0.39 is 5.82 Å². The van der Waals surface area contributed by atoms with E-state index in [9.17, 15) is 4.39 Å². The van der Waals surface area contributed by atoms with Gasteiger partial charge in [-0.15, -0.1) is 0 Å². The van der Waals surface area contributed by atoms with Crippen molar-refractivity contribution in [3.05, 3.63) is 38.8 Å². The van der Waals surface area contributed by atoms with Gasteiger partial charge in [-0.25, -0.2) is 9.37 Å². The Morgan fingerprint density at radius 1 is 1.40 bits per heavy atom. The second-order valence-corrected chi connectivity index (χ2v) is 5.72. The van der Waals surface area contributed by atoms with Crippen LogP contribution in [0.25, 0.3) is 0 Å². The van der Waals surface area contributed by atoms with Crippen LogP contribution in [0, 0.1) is 9.39 Å². The molecule has 0 spiro atoms. The highest BCUT2D eigenvalue weighted by Gasteiger charge is 2.09. The van der Waals surface area contributed by atoms with E-state index in [1.165, 1.54) is 0 Å². The van der Waals surface area contributed by atoms with Crippen LogP contribution in [0.2, 0.25) is 5.02 Å². The Balaban J connectivity index is 2.23. The summed E-state index contributed by atoms with van der Waals surface area (Å²) in [7, 11) is 0. The molecule has 0 bridgehead atoms. The van der Waals surface area contributed by atoms with Crippen LogP contribution in [0.4, 0.5) is 21.8 Å².